The molecule has 0 amide bonds. The number of carbonyl (C=O) groups excluding carboxylic acids is 1. The molecule has 0 aromatic rings. The van der Waals surface area contributed by atoms with Crippen molar-refractivity contribution in [2.24, 2.45) is 0 Å². The van der Waals surface area contributed by atoms with Crippen molar-refractivity contribution >= 4 is 5.97 Å². The third-order valence-corrected chi connectivity index (χ3v) is 1.72. The van der Waals surface area contributed by atoms with Gasteiger partial charge in [-0.15, -0.1) is 5.73 Å². The van der Waals surface area contributed by atoms with Crippen LogP contribution in [0.25, 0.3) is 0 Å². The maximum atomic E-state index is 10.5. The van der Waals surface area contributed by atoms with E-state index in [1.165, 1.54) is 6.92 Å². The van der Waals surface area contributed by atoms with Gasteiger partial charge in [0.05, 0.1) is 6.10 Å². The number of esters is 1. The molecule has 0 bridgehead atoms. The molecule has 0 N–H and O–H groups in total. The highest BCUT2D eigenvalue weighted by atomic mass is 16.5. The summed E-state index contributed by atoms with van der Waals surface area (Å²) in [6, 6.07) is 0. The zero-order valence-corrected chi connectivity index (χ0v) is 8.51. The van der Waals surface area contributed by atoms with Crippen LogP contribution in [0.15, 0.2) is 18.4 Å². The normalized spacial score (nSPS) is 11.5. The van der Waals surface area contributed by atoms with E-state index < -0.39 is 0 Å². The van der Waals surface area contributed by atoms with Gasteiger partial charge in [-0.2, -0.15) is 0 Å². The van der Waals surface area contributed by atoms with Gasteiger partial charge in [-0.25, -0.2) is 0 Å². The molecule has 0 aliphatic rings. The van der Waals surface area contributed by atoms with Crippen LogP contribution in [-0.2, 0) is 9.53 Å². The van der Waals surface area contributed by atoms with E-state index in [0.717, 1.165) is 25.7 Å². The fourth-order valence-electron chi connectivity index (χ4n) is 1.12. The standard InChI is InChI=1S/C11H18O2/c1-4-5-6-7-8-9-10(2)13-11(3)12/h5,10H,1,6-9H2,2-3H3. The second kappa shape index (κ2) is 7.63. The third-order valence-electron chi connectivity index (χ3n) is 1.72. The molecular formula is C11H18O2. The smallest absolute Gasteiger partial charge is 0.302 e. The summed E-state index contributed by atoms with van der Waals surface area (Å²) in [5.74, 6) is -0.196. The molecule has 2 nitrogen and oxygen atoms in total. The van der Waals surface area contributed by atoms with Crippen LogP contribution in [0.5, 0.6) is 0 Å². The van der Waals surface area contributed by atoms with Gasteiger partial charge in [0.2, 0.25) is 0 Å². The Kier molecular flexibility index (Phi) is 7.04. The molecule has 0 aliphatic carbocycles. The fourth-order valence-corrected chi connectivity index (χ4v) is 1.12. The number of unbranched alkanes of at least 4 members (excludes halogenated alkanes) is 2. The molecule has 74 valence electrons. The monoisotopic (exact) mass is 182 g/mol. The lowest BCUT2D eigenvalue weighted by molar-refractivity contribution is -0.145. The number of hydrogen-bond donors (Lipinski definition) is 0. The lowest BCUT2D eigenvalue weighted by Gasteiger charge is -2.10. The summed E-state index contributed by atoms with van der Waals surface area (Å²) in [7, 11) is 0. The van der Waals surface area contributed by atoms with Gasteiger partial charge >= 0.3 is 5.97 Å². The maximum Gasteiger partial charge on any atom is 0.302 e. The van der Waals surface area contributed by atoms with E-state index in [1.807, 2.05) is 13.0 Å². The number of ether oxygens (including phenoxy) is 1. The molecule has 0 aromatic heterocycles. The van der Waals surface area contributed by atoms with Gasteiger partial charge in [0, 0.05) is 6.92 Å². The molecular weight excluding hydrogens is 164 g/mol. The molecule has 0 rings (SSSR count). The van der Waals surface area contributed by atoms with E-state index in [-0.39, 0.29) is 12.1 Å². The zero-order chi connectivity index (χ0) is 10.1. The average Bonchev–Trinajstić information content (AvgIpc) is 2.02. The van der Waals surface area contributed by atoms with Crippen molar-refractivity contribution < 1.29 is 9.53 Å². The van der Waals surface area contributed by atoms with E-state index in [9.17, 15) is 4.79 Å². The van der Waals surface area contributed by atoms with Gasteiger partial charge in [0.1, 0.15) is 0 Å². The predicted octanol–water partition coefficient (Wildman–Crippen LogP) is 2.84. The molecule has 2 heteroatoms. The summed E-state index contributed by atoms with van der Waals surface area (Å²) in [6.07, 6.45) is 6.10. The molecule has 0 saturated heterocycles. The number of carbonyl (C=O) groups is 1. The first kappa shape index (κ1) is 12.0. The first-order valence-corrected chi connectivity index (χ1v) is 4.68. The quantitative estimate of drug-likeness (QED) is 0.358. The summed E-state index contributed by atoms with van der Waals surface area (Å²) in [4.78, 5) is 10.5. The molecule has 0 heterocycles. The van der Waals surface area contributed by atoms with Crippen molar-refractivity contribution in [3.63, 3.8) is 0 Å². The van der Waals surface area contributed by atoms with Crippen LogP contribution in [0.2, 0.25) is 0 Å². The summed E-state index contributed by atoms with van der Waals surface area (Å²) in [6.45, 7) is 6.85. The first-order chi connectivity index (χ1) is 6.16. The summed E-state index contributed by atoms with van der Waals surface area (Å²) in [5, 5.41) is 0. The van der Waals surface area contributed by atoms with Crippen LogP contribution in [0, 0.1) is 0 Å². The van der Waals surface area contributed by atoms with Gasteiger partial charge in [-0.05, 0) is 38.7 Å². The van der Waals surface area contributed by atoms with E-state index in [0.29, 0.717) is 0 Å². The average molecular weight is 182 g/mol. The Morgan fingerprint density at radius 2 is 2.31 bits per heavy atom. The first-order valence-electron chi connectivity index (χ1n) is 4.68. The van der Waals surface area contributed by atoms with E-state index in [1.54, 1.807) is 0 Å². The van der Waals surface area contributed by atoms with Crippen molar-refractivity contribution in [2.75, 3.05) is 0 Å². The van der Waals surface area contributed by atoms with Gasteiger partial charge < -0.3 is 4.74 Å². The van der Waals surface area contributed by atoms with Gasteiger partial charge in [-0.3, -0.25) is 4.79 Å². The van der Waals surface area contributed by atoms with Gasteiger partial charge in [0.25, 0.3) is 0 Å². The molecule has 0 aliphatic heterocycles. The number of hydrogen-bond acceptors (Lipinski definition) is 2. The lowest BCUT2D eigenvalue weighted by atomic mass is 10.1. The Balaban J connectivity index is 3.31. The molecule has 0 fully saturated rings. The highest BCUT2D eigenvalue weighted by molar-refractivity contribution is 5.66. The third kappa shape index (κ3) is 8.90. The maximum absolute atomic E-state index is 10.5. The molecule has 1 atom stereocenters. The van der Waals surface area contributed by atoms with Crippen LogP contribution in [0.1, 0.15) is 39.5 Å². The second-order valence-electron chi connectivity index (χ2n) is 3.11. The van der Waals surface area contributed by atoms with Crippen molar-refractivity contribution in [3.05, 3.63) is 18.4 Å². The largest absolute Gasteiger partial charge is 0.463 e. The van der Waals surface area contributed by atoms with Crippen molar-refractivity contribution in [2.45, 2.75) is 45.6 Å². The summed E-state index contributed by atoms with van der Waals surface area (Å²) in [5.41, 5.74) is 2.73. The van der Waals surface area contributed by atoms with Crippen LogP contribution < -0.4 is 0 Å². The number of rotatable bonds is 6. The molecule has 0 spiro atoms. The minimum atomic E-state index is -0.196. The summed E-state index contributed by atoms with van der Waals surface area (Å²) >= 11 is 0. The van der Waals surface area contributed by atoms with Crippen LogP contribution >= 0.6 is 0 Å². The van der Waals surface area contributed by atoms with Crippen LogP contribution in [0.3, 0.4) is 0 Å². The molecule has 1 unspecified atom stereocenters. The van der Waals surface area contributed by atoms with Crippen molar-refractivity contribution in [1.82, 2.24) is 0 Å². The van der Waals surface area contributed by atoms with Gasteiger partial charge in [-0.1, -0.05) is 6.58 Å². The predicted molar refractivity (Wildman–Crippen MR) is 53.4 cm³/mol. The Morgan fingerprint density at radius 1 is 1.62 bits per heavy atom. The topological polar surface area (TPSA) is 26.3 Å². The SMILES string of the molecule is C=C=CCCCCC(C)OC(C)=O. The fraction of sp³-hybridized carbons (Fsp3) is 0.636. The van der Waals surface area contributed by atoms with E-state index in [4.69, 9.17) is 4.74 Å². The second-order valence-corrected chi connectivity index (χ2v) is 3.11. The summed E-state index contributed by atoms with van der Waals surface area (Å²) < 4.78 is 4.98. The zero-order valence-electron chi connectivity index (χ0n) is 8.51. The lowest BCUT2D eigenvalue weighted by Crippen LogP contribution is -2.11. The van der Waals surface area contributed by atoms with Crippen LogP contribution in [0.4, 0.5) is 0 Å². The number of allylic oxidation sites excluding steroid dienone is 1. The highest BCUT2D eigenvalue weighted by Crippen LogP contribution is 2.06. The Bertz CT molecular complexity index is 190. The minimum Gasteiger partial charge on any atom is -0.463 e. The van der Waals surface area contributed by atoms with Crippen molar-refractivity contribution in [3.8, 4) is 0 Å². The Labute approximate surface area is 80.3 Å². The molecule has 0 radical (unpaired) electrons. The minimum absolute atomic E-state index is 0.0465. The van der Waals surface area contributed by atoms with E-state index >= 15 is 0 Å². The Hall–Kier alpha value is -1.01. The van der Waals surface area contributed by atoms with Crippen LogP contribution in [-0.4, -0.2) is 12.1 Å². The molecule has 13 heavy (non-hydrogen) atoms. The Morgan fingerprint density at radius 3 is 2.85 bits per heavy atom. The highest BCUT2D eigenvalue weighted by Gasteiger charge is 2.03. The van der Waals surface area contributed by atoms with Crippen molar-refractivity contribution in [1.29, 1.82) is 0 Å². The molecule has 0 aromatic carbocycles. The van der Waals surface area contributed by atoms with Gasteiger partial charge in [0.15, 0.2) is 0 Å². The molecule has 0 saturated carbocycles. The van der Waals surface area contributed by atoms with E-state index in [2.05, 4.69) is 12.3 Å².